The fourth-order valence-electron chi connectivity index (χ4n) is 1.50. The molecule has 0 aliphatic heterocycles. The molecule has 0 aliphatic rings. The number of ether oxygens (including phenoxy) is 2. The van der Waals surface area contributed by atoms with Crippen LogP contribution in [0.1, 0.15) is 5.56 Å². The van der Waals surface area contributed by atoms with E-state index >= 15 is 0 Å². The lowest BCUT2D eigenvalue weighted by atomic mass is 10.2. The van der Waals surface area contributed by atoms with Crippen molar-refractivity contribution in [2.24, 2.45) is 0 Å². The van der Waals surface area contributed by atoms with Gasteiger partial charge in [-0.1, -0.05) is 28.1 Å². The van der Waals surface area contributed by atoms with Crippen LogP contribution in [0.25, 0.3) is 0 Å². The summed E-state index contributed by atoms with van der Waals surface area (Å²) in [7, 11) is 1.66. The van der Waals surface area contributed by atoms with Gasteiger partial charge < -0.3 is 9.47 Å². The number of methoxy groups -OCH3 is 1. The smallest absolute Gasteiger partial charge is 0.121 e. The fourth-order valence-corrected chi connectivity index (χ4v) is 3.04. The Labute approximate surface area is 129 Å². The number of halogens is 2. The van der Waals surface area contributed by atoms with Gasteiger partial charge in [-0.25, -0.2) is 0 Å². The zero-order valence-electron chi connectivity index (χ0n) is 9.82. The Morgan fingerprint density at radius 3 is 2.39 bits per heavy atom. The van der Waals surface area contributed by atoms with Gasteiger partial charge in [-0.05, 0) is 58.5 Å². The summed E-state index contributed by atoms with van der Waals surface area (Å²) in [4.78, 5) is 0. The standard InChI is InChI=1S/C14H12BrIO2/c1-17-13-4-2-10(3-5-13)9-18-14-7-11(15)6-12(16)8-14/h2-8H,9H2,1H3. The first-order valence-corrected chi connectivity index (χ1v) is 7.26. The van der Waals surface area contributed by atoms with Crippen LogP contribution in [-0.2, 0) is 6.61 Å². The SMILES string of the molecule is COc1ccc(COc2cc(Br)cc(I)c2)cc1. The van der Waals surface area contributed by atoms with E-state index in [1.807, 2.05) is 42.5 Å². The van der Waals surface area contributed by atoms with Crippen molar-refractivity contribution in [3.63, 3.8) is 0 Å². The Balaban J connectivity index is 2.01. The van der Waals surface area contributed by atoms with E-state index in [1.165, 1.54) is 0 Å². The summed E-state index contributed by atoms with van der Waals surface area (Å²) in [6, 6.07) is 13.9. The zero-order chi connectivity index (χ0) is 13.0. The van der Waals surface area contributed by atoms with Crippen molar-refractivity contribution in [2.75, 3.05) is 7.11 Å². The van der Waals surface area contributed by atoms with Crippen LogP contribution in [0.3, 0.4) is 0 Å². The monoisotopic (exact) mass is 418 g/mol. The van der Waals surface area contributed by atoms with E-state index in [0.717, 1.165) is 25.1 Å². The molecule has 0 fully saturated rings. The summed E-state index contributed by atoms with van der Waals surface area (Å²) in [6.45, 7) is 0.552. The summed E-state index contributed by atoms with van der Waals surface area (Å²) < 4.78 is 13.0. The highest BCUT2D eigenvalue weighted by Crippen LogP contribution is 2.23. The highest BCUT2D eigenvalue weighted by atomic mass is 127. The van der Waals surface area contributed by atoms with Crippen LogP contribution in [-0.4, -0.2) is 7.11 Å². The molecule has 0 aromatic heterocycles. The third-order valence-corrected chi connectivity index (χ3v) is 3.48. The molecule has 0 radical (unpaired) electrons. The van der Waals surface area contributed by atoms with E-state index in [4.69, 9.17) is 9.47 Å². The number of hydrogen-bond acceptors (Lipinski definition) is 2. The van der Waals surface area contributed by atoms with Crippen molar-refractivity contribution < 1.29 is 9.47 Å². The van der Waals surface area contributed by atoms with Crippen molar-refractivity contribution in [2.45, 2.75) is 6.61 Å². The van der Waals surface area contributed by atoms with E-state index in [0.29, 0.717) is 6.61 Å². The van der Waals surface area contributed by atoms with Crippen LogP contribution in [0.15, 0.2) is 46.9 Å². The minimum absolute atomic E-state index is 0.552. The van der Waals surface area contributed by atoms with Crippen LogP contribution >= 0.6 is 38.5 Å². The van der Waals surface area contributed by atoms with Gasteiger partial charge in [-0.2, -0.15) is 0 Å². The Kier molecular flexibility index (Phi) is 4.88. The molecule has 2 nitrogen and oxygen atoms in total. The van der Waals surface area contributed by atoms with Gasteiger partial charge in [0.1, 0.15) is 18.1 Å². The Morgan fingerprint density at radius 2 is 1.78 bits per heavy atom. The predicted molar refractivity (Wildman–Crippen MR) is 84.2 cm³/mol. The second kappa shape index (κ2) is 6.43. The topological polar surface area (TPSA) is 18.5 Å². The van der Waals surface area contributed by atoms with Gasteiger partial charge in [0, 0.05) is 8.04 Å². The molecule has 4 heteroatoms. The molecule has 0 bridgehead atoms. The zero-order valence-corrected chi connectivity index (χ0v) is 13.6. The molecular formula is C14H12BrIO2. The lowest BCUT2D eigenvalue weighted by Crippen LogP contribution is -1.95. The molecule has 2 rings (SSSR count). The third-order valence-electron chi connectivity index (χ3n) is 2.40. The van der Waals surface area contributed by atoms with Crippen molar-refractivity contribution in [1.82, 2.24) is 0 Å². The average molecular weight is 419 g/mol. The molecule has 0 saturated carbocycles. The molecule has 2 aromatic rings. The van der Waals surface area contributed by atoms with Crippen molar-refractivity contribution >= 4 is 38.5 Å². The average Bonchev–Trinajstić information content (AvgIpc) is 2.36. The first kappa shape index (κ1) is 13.7. The van der Waals surface area contributed by atoms with E-state index in [1.54, 1.807) is 7.11 Å². The highest BCUT2D eigenvalue weighted by Gasteiger charge is 2.00. The maximum atomic E-state index is 5.75. The van der Waals surface area contributed by atoms with Gasteiger partial charge in [0.05, 0.1) is 7.11 Å². The highest BCUT2D eigenvalue weighted by molar-refractivity contribution is 14.1. The van der Waals surface area contributed by atoms with Gasteiger partial charge >= 0.3 is 0 Å². The summed E-state index contributed by atoms with van der Waals surface area (Å²) in [5.74, 6) is 1.72. The minimum Gasteiger partial charge on any atom is -0.497 e. The predicted octanol–water partition coefficient (Wildman–Crippen LogP) is 4.64. The molecule has 0 saturated heterocycles. The maximum absolute atomic E-state index is 5.75. The van der Waals surface area contributed by atoms with Crippen LogP contribution < -0.4 is 9.47 Å². The van der Waals surface area contributed by atoms with Crippen LogP contribution in [0.2, 0.25) is 0 Å². The second-order valence-corrected chi connectivity index (χ2v) is 5.90. The van der Waals surface area contributed by atoms with E-state index < -0.39 is 0 Å². The lowest BCUT2D eigenvalue weighted by Gasteiger charge is -2.08. The molecular weight excluding hydrogens is 407 g/mol. The molecule has 0 spiro atoms. The lowest BCUT2D eigenvalue weighted by molar-refractivity contribution is 0.305. The molecule has 2 aromatic carbocycles. The van der Waals surface area contributed by atoms with Crippen molar-refractivity contribution in [1.29, 1.82) is 0 Å². The molecule has 94 valence electrons. The van der Waals surface area contributed by atoms with Gasteiger partial charge in [-0.3, -0.25) is 0 Å². The molecule has 0 amide bonds. The number of hydrogen-bond donors (Lipinski definition) is 0. The molecule has 0 unspecified atom stereocenters. The van der Waals surface area contributed by atoms with Crippen molar-refractivity contribution in [3.05, 3.63) is 56.1 Å². The van der Waals surface area contributed by atoms with Crippen LogP contribution in [0.5, 0.6) is 11.5 Å². The molecule has 18 heavy (non-hydrogen) atoms. The largest absolute Gasteiger partial charge is 0.497 e. The first-order chi connectivity index (χ1) is 8.67. The summed E-state index contributed by atoms with van der Waals surface area (Å²) in [5, 5.41) is 0. The number of benzene rings is 2. The normalized spacial score (nSPS) is 10.2. The Bertz CT molecular complexity index is 506. The Morgan fingerprint density at radius 1 is 1.06 bits per heavy atom. The quantitative estimate of drug-likeness (QED) is 0.673. The van der Waals surface area contributed by atoms with E-state index in [2.05, 4.69) is 38.5 Å². The minimum atomic E-state index is 0.552. The van der Waals surface area contributed by atoms with Crippen LogP contribution in [0.4, 0.5) is 0 Å². The molecule has 0 heterocycles. The van der Waals surface area contributed by atoms with E-state index in [9.17, 15) is 0 Å². The summed E-state index contributed by atoms with van der Waals surface area (Å²) in [5.41, 5.74) is 1.12. The third kappa shape index (κ3) is 3.88. The van der Waals surface area contributed by atoms with E-state index in [-0.39, 0.29) is 0 Å². The van der Waals surface area contributed by atoms with Gasteiger partial charge in [0.2, 0.25) is 0 Å². The maximum Gasteiger partial charge on any atom is 0.121 e. The second-order valence-electron chi connectivity index (χ2n) is 3.74. The molecule has 0 N–H and O–H groups in total. The molecule has 0 atom stereocenters. The molecule has 0 aliphatic carbocycles. The summed E-state index contributed by atoms with van der Waals surface area (Å²) >= 11 is 5.72. The van der Waals surface area contributed by atoms with Crippen LogP contribution in [0, 0.1) is 3.57 Å². The summed E-state index contributed by atoms with van der Waals surface area (Å²) in [6.07, 6.45) is 0. The Hall–Kier alpha value is -0.750. The first-order valence-electron chi connectivity index (χ1n) is 5.39. The van der Waals surface area contributed by atoms with Gasteiger partial charge in [0.15, 0.2) is 0 Å². The van der Waals surface area contributed by atoms with Gasteiger partial charge in [0.25, 0.3) is 0 Å². The fraction of sp³-hybridized carbons (Fsp3) is 0.143. The van der Waals surface area contributed by atoms with Crippen molar-refractivity contribution in [3.8, 4) is 11.5 Å². The van der Waals surface area contributed by atoms with Gasteiger partial charge in [-0.15, -0.1) is 0 Å². The number of rotatable bonds is 4.